The molecule has 124 valence electrons. The van der Waals surface area contributed by atoms with Gasteiger partial charge < -0.3 is 4.74 Å². The topological polar surface area (TPSA) is 26.3 Å². The SMILES string of the molecule is C=CC(=O)OC(C)CCCCCCCCCC[Si](F)(F)F. The van der Waals surface area contributed by atoms with Crippen LogP contribution in [0.4, 0.5) is 12.3 Å². The lowest BCUT2D eigenvalue weighted by molar-refractivity contribution is -0.142. The molecule has 0 rings (SSSR count). The third kappa shape index (κ3) is 15.4. The average Bonchev–Trinajstić information content (AvgIpc) is 2.39. The maximum Gasteiger partial charge on any atom is 0.616 e. The fourth-order valence-electron chi connectivity index (χ4n) is 2.12. The highest BCUT2D eigenvalue weighted by atomic mass is 28.5. The Labute approximate surface area is 127 Å². The van der Waals surface area contributed by atoms with Crippen molar-refractivity contribution in [3.8, 4) is 0 Å². The molecule has 0 bridgehead atoms. The average molecular weight is 324 g/mol. The first-order valence-electron chi connectivity index (χ1n) is 7.75. The molecule has 1 atom stereocenters. The third-order valence-electron chi connectivity index (χ3n) is 3.30. The summed E-state index contributed by atoms with van der Waals surface area (Å²) >= 11 is 0. The van der Waals surface area contributed by atoms with Gasteiger partial charge in [0.2, 0.25) is 0 Å². The maximum absolute atomic E-state index is 12.0. The van der Waals surface area contributed by atoms with E-state index in [9.17, 15) is 17.1 Å². The molecule has 0 aromatic heterocycles. The molecule has 21 heavy (non-hydrogen) atoms. The van der Waals surface area contributed by atoms with Crippen molar-refractivity contribution < 1.29 is 21.9 Å². The van der Waals surface area contributed by atoms with Crippen molar-refractivity contribution in [3.05, 3.63) is 12.7 Å². The van der Waals surface area contributed by atoms with Gasteiger partial charge in [-0.3, -0.25) is 0 Å². The lowest BCUT2D eigenvalue weighted by Crippen LogP contribution is -2.13. The number of unbranched alkanes of at least 4 members (excludes halogenated alkanes) is 7. The molecule has 1 unspecified atom stereocenters. The Morgan fingerprint density at radius 1 is 1.05 bits per heavy atom. The van der Waals surface area contributed by atoms with Crippen molar-refractivity contribution in [1.29, 1.82) is 0 Å². The summed E-state index contributed by atoms with van der Waals surface area (Å²) in [5.41, 5.74) is 0. The fourth-order valence-corrected chi connectivity index (χ4v) is 2.77. The summed E-state index contributed by atoms with van der Waals surface area (Å²) < 4.78 is 41.2. The summed E-state index contributed by atoms with van der Waals surface area (Å²) in [5.74, 6) is -0.385. The van der Waals surface area contributed by atoms with Gasteiger partial charge in [0, 0.05) is 12.1 Å². The number of halogens is 3. The van der Waals surface area contributed by atoms with Crippen molar-refractivity contribution in [2.45, 2.75) is 76.9 Å². The molecule has 0 aliphatic carbocycles. The second-order valence-corrected chi connectivity index (χ2v) is 7.16. The van der Waals surface area contributed by atoms with Crippen LogP contribution in [0.25, 0.3) is 0 Å². The highest BCUT2D eigenvalue weighted by Gasteiger charge is 2.35. The first-order valence-corrected chi connectivity index (χ1v) is 9.59. The predicted molar refractivity (Wildman–Crippen MR) is 81.2 cm³/mol. The molecule has 0 N–H and O–H groups in total. The molecule has 0 aromatic rings. The molecule has 0 saturated heterocycles. The van der Waals surface area contributed by atoms with Gasteiger partial charge in [-0.1, -0.05) is 45.1 Å². The molecule has 0 radical (unpaired) electrons. The zero-order valence-electron chi connectivity index (χ0n) is 12.9. The number of rotatable bonds is 13. The minimum atomic E-state index is -5.31. The van der Waals surface area contributed by atoms with E-state index in [4.69, 9.17) is 4.74 Å². The lowest BCUT2D eigenvalue weighted by atomic mass is 10.1. The van der Waals surface area contributed by atoms with Gasteiger partial charge in [0.1, 0.15) is 0 Å². The largest absolute Gasteiger partial charge is 0.616 e. The van der Waals surface area contributed by atoms with Crippen molar-refractivity contribution >= 4 is 15.0 Å². The van der Waals surface area contributed by atoms with Gasteiger partial charge in [-0.05, 0) is 26.2 Å². The third-order valence-corrected chi connectivity index (χ3v) is 4.23. The molecular formula is C15H27F3O2Si. The minimum Gasteiger partial charge on any atom is -0.460 e. The first-order chi connectivity index (χ1) is 9.85. The zero-order chi connectivity index (χ0) is 16.1. The molecule has 0 aliphatic heterocycles. The van der Waals surface area contributed by atoms with E-state index in [1.165, 1.54) is 0 Å². The smallest absolute Gasteiger partial charge is 0.460 e. The van der Waals surface area contributed by atoms with Gasteiger partial charge in [-0.25, -0.2) is 17.1 Å². The van der Waals surface area contributed by atoms with Gasteiger partial charge >= 0.3 is 15.0 Å². The fraction of sp³-hybridized carbons (Fsp3) is 0.800. The van der Waals surface area contributed by atoms with Crippen LogP contribution in [0, 0.1) is 0 Å². The standard InChI is InChI=1S/C15H27F3O2Si/c1-3-15(19)20-14(2)12-10-8-6-4-5-7-9-11-13-21(16,17)18/h3,14H,1,4-13H2,2H3. The van der Waals surface area contributed by atoms with Crippen LogP contribution in [-0.4, -0.2) is 21.1 Å². The van der Waals surface area contributed by atoms with Crippen LogP contribution in [0.5, 0.6) is 0 Å². The molecule has 0 heterocycles. The molecule has 6 heteroatoms. The highest BCUT2D eigenvalue weighted by Crippen LogP contribution is 2.19. The van der Waals surface area contributed by atoms with Gasteiger partial charge in [-0.15, -0.1) is 0 Å². The first kappa shape index (κ1) is 20.2. The maximum atomic E-state index is 12.0. The van der Waals surface area contributed by atoms with E-state index in [0.29, 0.717) is 12.8 Å². The monoisotopic (exact) mass is 324 g/mol. The molecule has 0 fully saturated rings. The number of ether oxygens (including phenoxy) is 1. The molecule has 0 saturated carbocycles. The number of hydrogen-bond acceptors (Lipinski definition) is 2. The molecule has 0 spiro atoms. The summed E-state index contributed by atoms with van der Waals surface area (Å²) in [4.78, 5) is 10.9. The second-order valence-electron chi connectivity index (χ2n) is 5.43. The van der Waals surface area contributed by atoms with Crippen LogP contribution >= 0.6 is 0 Å². The summed E-state index contributed by atoms with van der Waals surface area (Å²) in [6.07, 6.45) is 9.09. The zero-order valence-corrected chi connectivity index (χ0v) is 13.9. The Morgan fingerprint density at radius 3 is 2.00 bits per heavy atom. The number of carbonyl (C=O) groups is 1. The minimum absolute atomic E-state index is 0.0814. The van der Waals surface area contributed by atoms with Gasteiger partial charge in [0.05, 0.1) is 6.10 Å². The Kier molecular flexibility index (Phi) is 11.4. The van der Waals surface area contributed by atoms with Gasteiger partial charge in [0.25, 0.3) is 0 Å². The Morgan fingerprint density at radius 2 is 1.52 bits per heavy atom. The molecule has 0 aliphatic rings. The van der Waals surface area contributed by atoms with E-state index in [-0.39, 0.29) is 12.1 Å². The number of esters is 1. The summed E-state index contributed by atoms with van der Waals surface area (Å²) in [6.45, 7) is 5.21. The quantitative estimate of drug-likeness (QED) is 0.148. The van der Waals surface area contributed by atoms with Crippen LogP contribution in [-0.2, 0) is 9.53 Å². The van der Waals surface area contributed by atoms with E-state index in [2.05, 4.69) is 6.58 Å². The van der Waals surface area contributed by atoms with Crippen molar-refractivity contribution in [2.75, 3.05) is 0 Å². The molecule has 2 nitrogen and oxygen atoms in total. The Balaban J connectivity index is 3.26. The van der Waals surface area contributed by atoms with Crippen LogP contribution in [0.2, 0.25) is 6.04 Å². The predicted octanol–water partition coefficient (Wildman–Crippen LogP) is 5.46. The summed E-state index contributed by atoms with van der Waals surface area (Å²) in [5, 5.41) is 0. The Hall–Kier alpha value is -0.783. The van der Waals surface area contributed by atoms with E-state index in [0.717, 1.165) is 51.0 Å². The van der Waals surface area contributed by atoms with Gasteiger partial charge in [0.15, 0.2) is 0 Å². The lowest BCUT2D eigenvalue weighted by Gasteiger charge is -2.11. The number of carbonyl (C=O) groups excluding carboxylic acids is 1. The summed E-state index contributed by atoms with van der Waals surface area (Å²) in [7, 11) is -5.31. The second kappa shape index (κ2) is 11.8. The van der Waals surface area contributed by atoms with Crippen molar-refractivity contribution in [1.82, 2.24) is 0 Å². The van der Waals surface area contributed by atoms with E-state index >= 15 is 0 Å². The Bertz CT molecular complexity index is 293. The van der Waals surface area contributed by atoms with Crippen LogP contribution in [0.15, 0.2) is 12.7 Å². The van der Waals surface area contributed by atoms with Crippen molar-refractivity contribution in [2.24, 2.45) is 0 Å². The van der Waals surface area contributed by atoms with Crippen LogP contribution < -0.4 is 0 Å². The van der Waals surface area contributed by atoms with E-state index < -0.39 is 15.1 Å². The van der Waals surface area contributed by atoms with Crippen molar-refractivity contribution in [3.63, 3.8) is 0 Å². The van der Waals surface area contributed by atoms with E-state index in [1.54, 1.807) is 0 Å². The normalized spacial score (nSPS) is 13.0. The summed E-state index contributed by atoms with van der Waals surface area (Å²) in [6, 6.07) is -0.520. The molecular weight excluding hydrogens is 297 g/mol. The van der Waals surface area contributed by atoms with Crippen LogP contribution in [0.3, 0.4) is 0 Å². The molecule has 0 aromatic carbocycles. The van der Waals surface area contributed by atoms with Crippen LogP contribution in [0.1, 0.15) is 64.7 Å². The number of hydrogen-bond donors (Lipinski definition) is 0. The highest BCUT2D eigenvalue weighted by molar-refractivity contribution is 6.58. The molecule has 0 amide bonds. The van der Waals surface area contributed by atoms with Gasteiger partial charge in [-0.2, -0.15) is 0 Å². The van der Waals surface area contributed by atoms with E-state index in [1.807, 2.05) is 6.92 Å².